The molecule has 106 valence electrons. The van der Waals surface area contributed by atoms with Crippen molar-refractivity contribution in [3.8, 4) is 5.75 Å². The maximum Gasteiger partial charge on any atom is 0.338 e. The number of benzene rings is 1. The van der Waals surface area contributed by atoms with Crippen LogP contribution in [0.15, 0.2) is 35.7 Å². The standard InChI is InChI=1S/C14H16N2O4/c1-3-20-14(18)11-8-12(17)16(13(11)15)9-4-6-10(19-2)7-5-9/h4-7H,3,8,15H2,1-2H3. The van der Waals surface area contributed by atoms with Crippen LogP contribution in [0, 0.1) is 0 Å². The minimum absolute atomic E-state index is 0.0449. The Bertz CT molecular complexity index is 563. The van der Waals surface area contributed by atoms with E-state index in [1.807, 2.05) is 0 Å². The van der Waals surface area contributed by atoms with Crippen molar-refractivity contribution >= 4 is 17.6 Å². The van der Waals surface area contributed by atoms with E-state index in [-0.39, 0.29) is 30.3 Å². The number of rotatable bonds is 4. The molecular formula is C14H16N2O4. The molecule has 2 rings (SSSR count). The van der Waals surface area contributed by atoms with Crippen LogP contribution < -0.4 is 15.4 Å². The maximum atomic E-state index is 12.0. The summed E-state index contributed by atoms with van der Waals surface area (Å²) in [6.45, 7) is 1.94. The van der Waals surface area contributed by atoms with Crippen LogP contribution in [0.1, 0.15) is 13.3 Å². The third kappa shape index (κ3) is 2.45. The number of carbonyl (C=O) groups excluding carboxylic acids is 2. The number of hydrogen-bond donors (Lipinski definition) is 1. The van der Waals surface area contributed by atoms with E-state index in [0.717, 1.165) is 0 Å². The number of amides is 1. The minimum atomic E-state index is -0.547. The molecule has 20 heavy (non-hydrogen) atoms. The smallest absolute Gasteiger partial charge is 0.338 e. The van der Waals surface area contributed by atoms with E-state index >= 15 is 0 Å². The van der Waals surface area contributed by atoms with Crippen LogP contribution in [0.25, 0.3) is 0 Å². The van der Waals surface area contributed by atoms with Crippen LogP contribution in [0.4, 0.5) is 5.69 Å². The second-order valence-electron chi connectivity index (χ2n) is 4.19. The molecule has 0 unspecified atom stereocenters. The molecule has 0 bridgehead atoms. The first-order valence-corrected chi connectivity index (χ1v) is 6.21. The van der Waals surface area contributed by atoms with Crippen LogP contribution in [-0.2, 0) is 14.3 Å². The van der Waals surface area contributed by atoms with Gasteiger partial charge < -0.3 is 15.2 Å². The highest BCUT2D eigenvalue weighted by Crippen LogP contribution is 2.29. The normalized spacial score (nSPS) is 14.7. The lowest BCUT2D eigenvalue weighted by Gasteiger charge is -2.17. The van der Waals surface area contributed by atoms with Crippen LogP contribution in [-0.4, -0.2) is 25.6 Å². The molecule has 0 saturated heterocycles. The average Bonchev–Trinajstić information content (AvgIpc) is 2.75. The van der Waals surface area contributed by atoms with Crippen LogP contribution in [0.3, 0.4) is 0 Å². The Balaban J connectivity index is 2.30. The van der Waals surface area contributed by atoms with Gasteiger partial charge in [-0.2, -0.15) is 0 Å². The summed E-state index contributed by atoms with van der Waals surface area (Å²) in [5, 5.41) is 0. The van der Waals surface area contributed by atoms with Gasteiger partial charge in [-0.15, -0.1) is 0 Å². The molecule has 0 fully saturated rings. The molecule has 2 N–H and O–H groups in total. The number of anilines is 1. The summed E-state index contributed by atoms with van der Waals surface area (Å²) in [4.78, 5) is 25.1. The first-order chi connectivity index (χ1) is 9.58. The lowest BCUT2D eigenvalue weighted by atomic mass is 10.2. The number of hydrogen-bond acceptors (Lipinski definition) is 5. The summed E-state index contributed by atoms with van der Waals surface area (Å²) >= 11 is 0. The Morgan fingerprint density at radius 2 is 2.00 bits per heavy atom. The largest absolute Gasteiger partial charge is 0.497 e. The molecule has 1 heterocycles. The lowest BCUT2D eigenvalue weighted by Crippen LogP contribution is -2.28. The third-order valence-corrected chi connectivity index (χ3v) is 2.98. The van der Waals surface area contributed by atoms with Crippen molar-refractivity contribution in [1.82, 2.24) is 0 Å². The molecule has 1 aliphatic rings. The van der Waals surface area contributed by atoms with E-state index in [2.05, 4.69) is 0 Å². The zero-order chi connectivity index (χ0) is 14.7. The summed E-state index contributed by atoms with van der Waals surface area (Å²) in [7, 11) is 1.56. The number of nitrogens with two attached hydrogens (primary N) is 1. The zero-order valence-electron chi connectivity index (χ0n) is 11.4. The Kier molecular flexibility index (Phi) is 3.93. The van der Waals surface area contributed by atoms with Gasteiger partial charge in [-0.1, -0.05) is 0 Å². The van der Waals surface area contributed by atoms with Gasteiger partial charge >= 0.3 is 5.97 Å². The molecule has 1 amide bonds. The predicted molar refractivity (Wildman–Crippen MR) is 72.9 cm³/mol. The minimum Gasteiger partial charge on any atom is -0.497 e. The maximum absolute atomic E-state index is 12.0. The van der Waals surface area contributed by atoms with E-state index in [0.29, 0.717) is 11.4 Å². The highest BCUT2D eigenvalue weighted by molar-refractivity contribution is 6.09. The molecule has 0 aromatic heterocycles. The molecule has 0 spiro atoms. The highest BCUT2D eigenvalue weighted by Gasteiger charge is 2.33. The van der Waals surface area contributed by atoms with E-state index in [9.17, 15) is 9.59 Å². The van der Waals surface area contributed by atoms with Crippen molar-refractivity contribution in [3.05, 3.63) is 35.7 Å². The zero-order valence-corrected chi connectivity index (χ0v) is 11.4. The van der Waals surface area contributed by atoms with Crippen LogP contribution in [0.5, 0.6) is 5.75 Å². The predicted octanol–water partition coefficient (Wildman–Crippen LogP) is 1.17. The number of carbonyl (C=O) groups is 2. The molecule has 0 aliphatic carbocycles. The van der Waals surface area contributed by atoms with Gasteiger partial charge in [-0.05, 0) is 31.2 Å². The second-order valence-corrected chi connectivity index (χ2v) is 4.19. The first kappa shape index (κ1) is 13.9. The average molecular weight is 276 g/mol. The monoisotopic (exact) mass is 276 g/mol. The van der Waals surface area contributed by atoms with Crippen molar-refractivity contribution in [2.24, 2.45) is 5.73 Å². The molecule has 0 radical (unpaired) electrons. The Morgan fingerprint density at radius 3 is 2.55 bits per heavy atom. The van der Waals surface area contributed by atoms with Crippen molar-refractivity contribution in [3.63, 3.8) is 0 Å². The van der Waals surface area contributed by atoms with Gasteiger partial charge in [0.1, 0.15) is 11.6 Å². The SMILES string of the molecule is CCOC(=O)C1=C(N)N(c2ccc(OC)cc2)C(=O)C1. The summed E-state index contributed by atoms with van der Waals surface area (Å²) < 4.78 is 9.95. The fraction of sp³-hybridized carbons (Fsp3) is 0.286. The molecule has 1 aromatic rings. The van der Waals surface area contributed by atoms with Gasteiger partial charge in [0.25, 0.3) is 0 Å². The van der Waals surface area contributed by atoms with Gasteiger partial charge in [0.15, 0.2) is 0 Å². The fourth-order valence-corrected chi connectivity index (χ4v) is 2.00. The number of esters is 1. The summed E-state index contributed by atoms with van der Waals surface area (Å²) in [6.07, 6.45) is -0.0449. The Labute approximate surface area is 116 Å². The van der Waals surface area contributed by atoms with E-state index in [1.165, 1.54) is 4.90 Å². The molecule has 0 atom stereocenters. The number of ether oxygens (including phenoxy) is 2. The molecule has 6 heteroatoms. The van der Waals surface area contributed by atoms with Crippen molar-refractivity contribution in [2.45, 2.75) is 13.3 Å². The summed E-state index contributed by atoms with van der Waals surface area (Å²) in [5.41, 5.74) is 6.69. The Hall–Kier alpha value is -2.50. The molecule has 1 aliphatic heterocycles. The van der Waals surface area contributed by atoms with Crippen LogP contribution >= 0.6 is 0 Å². The molecule has 6 nitrogen and oxygen atoms in total. The van der Waals surface area contributed by atoms with Gasteiger partial charge in [-0.3, -0.25) is 9.69 Å². The first-order valence-electron chi connectivity index (χ1n) is 6.21. The van der Waals surface area contributed by atoms with Gasteiger partial charge in [0.05, 0.1) is 31.4 Å². The fourth-order valence-electron chi connectivity index (χ4n) is 2.00. The van der Waals surface area contributed by atoms with Crippen LogP contribution in [0.2, 0.25) is 0 Å². The topological polar surface area (TPSA) is 81.9 Å². The van der Waals surface area contributed by atoms with Crippen molar-refractivity contribution in [2.75, 3.05) is 18.6 Å². The van der Waals surface area contributed by atoms with Crippen molar-refractivity contribution < 1.29 is 19.1 Å². The lowest BCUT2D eigenvalue weighted by molar-refractivity contribution is -0.139. The summed E-state index contributed by atoms with van der Waals surface area (Å²) in [6, 6.07) is 6.85. The second kappa shape index (κ2) is 5.64. The molecule has 1 aromatic carbocycles. The number of nitrogens with zero attached hydrogens (tertiary/aromatic N) is 1. The van der Waals surface area contributed by atoms with Gasteiger partial charge in [-0.25, -0.2) is 4.79 Å². The van der Waals surface area contributed by atoms with Gasteiger partial charge in [0, 0.05) is 0 Å². The summed E-state index contributed by atoms with van der Waals surface area (Å²) in [5.74, 6) is -0.00254. The van der Waals surface area contributed by atoms with Gasteiger partial charge in [0.2, 0.25) is 5.91 Å². The quantitative estimate of drug-likeness (QED) is 0.835. The van der Waals surface area contributed by atoms with E-state index < -0.39 is 5.97 Å². The molecular weight excluding hydrogens is 260 g/mol. The Morgan fingerprint density at radius 1 is 1.35 bits per heavy atom. The van der Waals surface area contributed by atoms with Crippen molar-refractivity contribution in [1.29, 1.82) is 0 Å². The highest BCUT2D eigenvalue weighted by atomic mass is 16.5. The van der Waals surface area contributed by atoms with E-state index in [4.69, 9.17) is 15.2 Å². The number of methoxy groups -OCH3 is 1. The van der Waals surface area contributed by atoms with E-state index in [1.54, 1.807) is 38.3 Å². The third-order valence-electron chi connectivity index (χ3n) is 2.98. The molecule has 0 saturated carbocycles.